The second kappa shape index (κ2) is 11.1. The Labute approximate surface area is 126 Å². The number of nitrogens with zero attached hydrogens (tertiary/aromatic N) is 1. The van der Waals surface area contributed by atoms with E-state index in [1.54, 1.807) is 0 Å². The molecule has 0 aliphatic carbocycles. The van der Waals surface area contributed by atoms with Gasteiger partial charge in [0.2, 0.25) is 0 Å². The topological polar surface area (TPSA) is 45.0 Å². The zero-order valence-electron chi connectivity index (χ0n) is 14.2. The molecule has 1 N–H and O–H groups in total. The van der Waals surface area contributed by atoms with Gasteiger partial charge in [0.05, 0.1) is 12.2 Å². The highest BCUT2D eigenvalue weighted by Crippen LogP contribution is 2.14. The molecule has 0 heterocycles. The van der Waals surface area contributed by atoms with Crippen LogP contribution >= 0.6 is 0 Å². The van der Waals surface area contributed by atoms with Crippen LogP contribution in [0, 0.1) is 11.3 Å². The normalized spacial score (nSPS) is 15.8. The average molecular weight is 282 g/mol. The summed E-state index contributed by atoms with van der Waals surface area (Å²) in [5.41, 5.74) is -0.429. The molecule has 0 radical (unpaired) electrons. The number of nitrogens with one attached hydrogen (secondary N) is 1. The minimum Gasteiger partial charge on any atom is -0.379 e. The molecule has 0 spiro atoms. The fraction of sp³-hybridized carbons (Fsp3) is 0.941. The van der Waals surface area contributed by atoms with Gasteiger partial charge in [0.1, 0.15) is 5.54 Å². The first kappa shape index (κ1) is 19.4. The fourth-order valence-electron chi connectivity index (χ4n) is 2.45. The minimum absolute atomic E-state index is 0.332. The van der Waals surface area contributed by atoms with Crippen LogP contribution < -0.4 is 5.32 Å². The first-order chi connectivity index (χ1) is 9.43. The van der Waals surface area contributed by atoms with Crippen LogP contribution in [0.3, 0.4) is 0 Å². The van der Waals surface area contributed by atoms with E-state index in [0.717, 1.165) is 25.9 Å². The zero-order chi connectivity index (χ0) is 15.4. The number of hydrogen-bond acceptors (Lipinski definition) is 3. The Morgan fingerprint density at radius 1 is 1.15 bits per heavy atom. The Morgan fingerprint density at radius 3 is 2.40 bits per heavy atom. The molecule has 3 nitrogen and oxygen atoms in total. The molecular formula is C17H34N2O. The molecule has 0 aromatic heterocycles. The quantitative estimate of drug-likeness (QED) is 0.539. The zero-order valence-corrected chi connectivity index (χ0v) is 14.2. The summed E-state index contributed by atoms with van der Waals surface area (Å²) in [6, 6.07) is 2.71. The SMILES string of the molecule is CCCCCCC(C)OCCCC(C)(C#N)NC(C)C. The Balaban J connectivity index is 3.70. The summed E-state index contributed by atoms with van der Waals surface area (Å²) in [6.07, 6.45) is 8.46. The second-order valence-electron chi connectivity index (χ2n) is 6.38. The lowest BCUT2D eigenvalue weighted by Crippen LogP contribution is -2.45. The number of hydrogen-bond donors (Lipinski definition) is 1. The van der Waals surface area contributed by atoms with Crippen molar-refractivity contribution >= 4 is 0 Å². The van der Waals surface area contributed by atoms with Gasteiger partial charge in [-0.3, -0.25) is 5.32 Å². The summed E-state index contributed by atoms with van der Waals surface area (Å²) >= 11 is 0. The Bertz CT molecular complexity index is 273. The maximum atomic E-state index is 9.26. The van der Waals surface area contributed by atoms with Crippen LogP contribution in [-0.4, -0.2) is 24.3 Å². The molecule has 0 saturated carbocycles. The highest BCUT2D eigenvalue weighted by atomic mass is 16.5. The molecule has 2 unspecified atom stereocenters. The van der Waals surface area contributed by atoms with Gasteiger partial charge in [-0.1, -0.05) is 32.6 Å². The van der Waals surface area contributed by atoms with Crippen molar-refractivity contribution in [2.24, 2.45) is 0 Å². The smallest absolute Gasteiger partial charge is 0.104 e. The van der Waals surface area contributed by atoms with Crippen LogP contribution in [0.4, 0.5) is 0 Å². The van der Waals surface area contributed by atoms with Gasteiger partial charge in [0, 0.05) is 12.6 Å². The van der Waals surface area contributed by atoms with Gasteiger partial charge in [-0.15, -0.1) is 0 Å². The molecule has 0 bridgehead atoms. The van der Waals surface area contributed by atoms with Gasteiger partial charge >= 0.3 is 0 Å². The van der Waals surface area contributed by atoms with Gasteiger partial charge in [-0.25, -0.2) is 0 Å². The first-order valence-electron chi connectivity index (χ1n) is 8.24. The van der Waals surface area contributed by atoms with Gasteiger partial charge in [-0.2, -0.15) is 5.26 Å². The maximum Gasteiger partial charge on any atom is 0.104 e. The fourth-order valence-corrected chi connectivity index (χ4v) is 2.45. The predicted molar refractivity (Wildman–Crippen MR) is 85.7 cm³/mol. The van der Waals surface area contributed by atoms with Crippen molar-refractivity contribution in [3.63, 3.8) is 0 Å². The second-order valence-corrected chi connectivity index (χ2v) is 6.38. The molecule has 3 heteroatoms. The third-order valence-corrected chi connectivity index (χ3v) is 3.54. The standard InChI is InChI=1S/C17H34N2O/c1-6-7-8-9-11-16(4)20-13-10-12-17(5,14-18)19-15(2)3/h15-16,19H,6-13H2,1-5H3. The molecule has 0 saturated heterocycles. The van der Waals surface area contributed by atoms with Crippen molar-refractivity contribution in [2.75, 3.05) is 6.61 Å². The monoisotopic (exact) mass is 282 g/mol. The third-order valence-electron chi connectivity index (χ3n) is 3.54. The van der Waals surface area contributed by atoms with E-state index < -0.39 is 5.54 Å². The van der Waals surface area contributed by atoms with Crippen molar-refractivity contribution in [3.05, 3.63) is 0 Å². The molecule has 0 fully saturated rings. The van der Waals surface area contributed by atoms with Crippen molar-refractivity contribution < 1.29 is 4.74 Å². The lowest BCUT2D eigenvalue weighted by atomic mass is 9.97. The van der Waals surface area contributed by atoms with E-state index in [4.69, 9.17) is 4.74 Å². The van der Waals surface area contributed by atoms with Gasteiger partial charge in [-0.05, 0) is 47.0 Å². The number of nitriles is 1. The van der Waals surface area contributed by atoms with Crippen LogP contribution in [-0.2, 0) is 4.74 Å². The number of ether oxygens (including phenoxy) is 1. The van der Waals surface area contributed by atoms with Crippen LogP contribution in [0.2, 0.25) is 0 Å². The van der Waals surface area contributed by atoms with Gasteiger partial charge in [0.15, 0.2) is 0 Å². The van der Waals surface area contributed by atoms with Crippen LogP contribution in [0.1, 0.15) is 79.6 Å². The lowest BCUT2D eigenvalue weighted by molar-refractivity contribution is 0.0535. The highest BCUT2D eigenvalue weighted by Gasteiger charge is 2.23. The molecule has 0 amide bonds. The van der Waals surface area contributed by atoms with Gasteiger partial charge in [0.25, 0.3) is 0 Å². The highest BCUT2D eigenvalue weighted by molar-refractivity contribution is 5.04. The molecule has 0 aliphatic heterocycles. The summed E-state index contributed by atoms with van der Waals surface area (Å²) in [5.74, 6) is 0. The molecule has 118 valence electrons. The first-order valence-corrected chi connectivity index (χ1v) is 8.24. The van der Waals surface area contributed by atoms with E-state index in [0.29, 0.717) is 12.1 Å². The Kier molecular flexibility index (Phi) is 10.8. The minimum atomic E-state index is -0.429. The predicted octanol–water partition coefficient (Wildman–Crippen LogP) is 4.42. The molecule has 0 aromatic rings. The average Bonchev–Trinajstić information content (AvgIpc) is 2.39. The van der Waals surface area contributed by atoms with E-state index in [2.05, 4.69) is 39.1 Å². The lowest BCUT2D eigenvalue weighted by Gasteiger charge is -2.26. The molecule has 2 atom stereocenters. The van der Waals surface area contributed by atoms with Crippen molar-refractivity contribution in [3.8, 4) is 6.07 Å². The van der Waals surface area contributed by atoms with Crippen molar-refractivity contribution in [1.29, 1.82) is 5.26 Å². The molecule has 20 heavy (non-hydrogen) atoms. The van der Waals surface area contributed by atoms with E-state index in [1.807, 2.05) is 6.92 Å². The molecule has 0 rings (SSSR count). The Morgan fingerprint density at radius 2 is 1.85 bits per heavy atom. The van der Waals surface area contributed by atoms with E-state index in [-0.39, 0.29) is 0 Å². The van der Waals surface area contributed by atoms with Crippen LogP contribution in [0.15, 0.2) is 0 Å². The summed E-state index contributed by atoms with van der Waals surface area (Å²) < 4.78 is 5.83. The molecule has 0 aliphatic rings. The Hall–Kier alpha value is -0.590. The van der Waals surface area contributed by atoms with E-state index >= 15 is 0 Å². The maximum absolute atomic E-state index is 9.26. The summed E-state index contributed by atoms with van der Waals surface area (Å²) in [5, 5.41) is 12.6. The number of unbranched alkanes of at least 4 members (excludes halogenated alkanes) is 3. The summed E-state index contributed by atoms with van der Waals surface area (Å²) in [6.45, 7) is 11.3. The third kappa shape index (κ3) is 10.2. The molecule has 0 aromatic carbocycles. The van der Waals surface area contributed by atoms with Gasteiger partial charge < -0.3 is 4.74 Å². The number of rotatable bonds is 12. The summed E-state index contributed by atoms with van der Waals surface area (Å²) in [7, 11) is 0. The van der Waals surface area contributed by atoms with E-state index in [1.165, 1.54) is 25.7 Å². The van der Waals surface area contributed by atoms with Crippen molar-refractivity contribution in [2.45, 2.75) is 97.2 Å². The molecular weight excluding hydrogens is 248 g/mol. The van der Waals surface area contributed by atoms with Crippen LogP contribution in [0.25, 0.3) is 0 Å². The largest absolute Gasteiger partial charge is 0.379 e. The van der Waals surface area contributed by atoms with E-state index in [9.17, 15) is 5.26 Å². The van der Waals surface area contributed by atoms with Crippen molar-refractivity contribution in [1.82, 2.24) is 5.32 Å². The summed E-state index contributed by atoms with van der Waals surface area (Å²) in [4.78, 5) is 0. The van der Waals surface area contributed by atoms with Crippen LogP contribution in [0.5, 0.6) is 0 Å².